The lowest BCUT2D eigenvalue weighted by Gasteiger charge is -2.22. The Hall–Kier alpha value is -2.26. The molecule has 0 saturated carbocycles. The van der Waals surface area contributed by atoms with Crippen molar-refractivity contribution in [2.45, 2.75) is 32.4 Å². The molecule has 3 nitrogen and oxygen atoms in total. The molecule has 1 amide bonds. The Morgan fingerprint density at radius 3 is 2.46 bits per heavy atom. The number of benzene rings is 2. The van der Waals surface area contributed by atoms with Crippen molar-refractivity contribution in [2.75, 3.05) is 0 Å². The highest BCUT2D eigenvalue weighted by Gasteiger charge is 2.19. The van der Waals surface area contributed by atoms with Crippen molar-refractivity contribution in [3.05, 3.63) is 76.8 Å². The minimum Gasteiger partial charge on any atom is -0.444 e. The number of ether oxygens (including phenoxy) is 1. The Labute approximate surface area is 148 Å². The molecular weight excluding hydrogens is 322 g/mol. The summed E-state index contributed by atoms with van der Waals surface area (Å²) in [4.78, 5) is 12.1. The highest BCUT2D eigenvalue weighted by atomic mass is 35.5. The van der Waals surface area contributed by atoms with Crippen LogP contribution in [0.15, 0.2) is 60.7 Å². The summed E-state index contributed by atoms with van der Waals surface area (Å²) in [5.74, 6) is 0. The molecule has 0 aliphatic heterocycles. The standard InChI is InChI=1S/C20H22ClNO2/c1-20(2,3)24-19(23)22-18(16-9-5-4-6-10-16)13-12-15-8-7-11-17(21)14-15/h4-14,18H,1-3H3,(H,22,23)/b13-12+/t18-/m1/s1. The van der Waals surface area contributed by atoms with Crippen LogP contribution in [-0.2, 0) is 4.74 Å². The highest BCUT2D eigenvalue weighted by molar-refractivity contribution is 6.30. The first kappa shape index (κ1) is 18.1. The van der Waals surface area contributed by atoms with Crippen LogP contribution >= 0.6 is 11.6 Å². The summed E-state index contributed by atoms with van der Waals surface area (Å²) in [5.41, 5.74) is 1.40. The van der Waals surface area contributed by atoms with Crippen molar-refractivity contribution in [3.8, 4) is 0 Å². The monoisotopic (exact) mass is 343 g/mol. The average molecular weight is 344 g/mol. The number of nitrogens with one attached hydrogen (secondary N) is 1. The number of alkyl carbamates (subject to hydrolysis) is 1. The zero-order chi connectivity index (χ0) is 17.6. The van der Waals surface area contributed by atoms with E-state index in [1.165, 1.54) is 0 Å². The number of hydrogen-bond acceptors (Lipinski definition) is 2. The Bertz CT molecular complexity index is 705. The number of hydrogen-bond donors (Lipinski definition) is 1. The van der Waals surface area contributed by atoms with Gasteiger partial charge in [-0.15, -0.1) is 0 Å². The van der Waals surface area contributed by atoms with Crippen LogP contribution in [0.4, 0.5) is 4.79 Å². The van der Waals surface area contributed by atoms with Crippen molar-refractivity contribution in [1.29, 1.82) is 0 Å². The normalized spacial score (nSPS) is 12.8. The first-order valence-electron chi connectivity index (χ1n) is 7.82. The minimum absolute atomic E-state index is 0.292. The summed E-state index contributed by atoms with van der Waals surface area (Å²) in [6.45, 7) is 5.52. The molecule has 0 saturated heterocycles. The molecule has 0 unspecified atom stereocenters. The number of carbonyl (C=O) groups excluding carboxylic acids is 1. The van der Waals surface area contributed by atoms with Gasteiger partial charge in [-0.1, -0.05) is 66.2 Å². The lowest BCUT2D eigenvalue weighted by molar-refractivity contribution is 0.0514. The maximum atomic E-state index is 12.1. The molecule has 4 heteroatoms. The largest absolute Gasteiger partial charge is 0.444 e. The van der Waals surface area contributed by atoms with Crippen LogP contribution in [0, 0.1) is 0 Å². The maximum absolute atomic E-state index is 12.1. The van der Waals surface area contributed by atoms with Gasteiger partial charge in [0, 0.05) is 5.02 Å². The van der Waals surface area contributed by atoms with Gasteiger partial charge in [-0.2, -0.15) is 0 Å². The lowest BCUT2D eigenvalue weighted by atomic mass is 10.1. The molecule has 1 atom stereocenters. The van der Waals surface area contributed by atoms with Gasteiger partial charge in [0.25, 0.3) is 0 Å². The average Bonchev–Trinajstić information content (AvgIpc) is 2.50. The van der Waals surface area contributed by atoms with Gasteiger partial charge in [-0.05, 0) is 44.0 Å². The van der Waals surface area contributed by atoms with Gasteiger partial charge in [-0.25, -0.2) is 4.79 Å². The smallest absolute Gasteiger partial charge is 0.408 e. The molecule has 1 N–H and O–H groups in total. The van der Waals surface area contributed by atoms with Crippen molar-refractivity contribution >= 4 is 23.8 Å². The summed E-state index contributed by atoms with van der Waals surface area (Å²) in [5, 5.41) is 3.57. The zero-order valence-electron chi connectivity index (χ0n) is 14.1. The van der Waals surface area contributed by atoms with Crippen molar-refractivity contribution in [1.82, 2.24) is 5.32 Å². The van der Waals surface area contributed by atoms with E-state index in [0.29, 0.717) is 5.02 Å². The predicted molar refractivity (Wildman–Crippen MR) is 99.0 cm³/mol. The molecule has 0 aliphatic rings. The second kappa shape index (κ2) is 8.02. The van der Waals surface area contributed by atoms with E-state index >= 15 is 0 Å². The molecule has 24 heavy (non-hydrogen) atoms. The van der Waals surface area contributed by atoms with E-state index < -0.39 is 11.7 Å². The van der Waals surface area contributed by atoms with Crippen LogP contribution < -0.4 is 5.32 Å². The van der Waals surface area contributed by atoms with Crippen LogP contribution in [0.1, 0.15) is 37.9 Å². The molecule has 0 spiro atoms. The fourth-order valence-corrected chi connectivity index (χ4v) is 2.35. The summed E-state index contributed by atoms with van der Waals surface area (Å²) >= 11 is 6.01. The molecule has 0 fully saturated rings. The third-order valence-electron chi connectivity index (χ3n) is 3.16. The Morgan fingerprint density at radius 2 is 1.83 bits per heavy atom. The van der Waals surface area contributed by atoms with Gasteiger partial charge in [0.15, 0.2) is 0 Å². The summed E-state index contributed by atoms with van der Waals surface area (Å²) in [7, 11) is 0. The summed E-state index contributed by atoms with van der Waals surface area (Å²) in [6.07, 6.45) is 3.40. The van der Waals surface area contributed by atoms with Gasteiger partial charge in [0.05, 0.1) is 6.04 Å². The van der Waals surface area contributed by atoms with Crippen LogP contribution in [0.5, 0.6) is 0 Å². The van der Waals surface area contributed by atoms with Gasteiger partial charge in [0.1, 0.15) is 5.60 Å². The molecule has 2 aromatic rings. The molecule has 126 valence electrons. The van der Waals surface area contributed by atoms with E-state index in [2.05, 4.69) is 5.32 Å². The third-order valence-corrected chi connectivity index (χ3v) is 3.40. The first-order chi connectivity index (χ1) is 11.3. The van der Waals surface area contributed by atoms with Crippen LogP contribution in [-0.4, -0.2) is 11.7 Å². The quantitative estimate of drug-likeness (QED) is 0.782. The Morgan fingerprint density at radius 1 is 1.12 bits per heavy atom. The van der Waals surface area contributed by atoms with Gasteiger partial charge in [0.2, 0.25) is 0 Å². The van der Waals surface area contributed by atoms with Crippen molar-refractivity contribution < 1.29 is 9.53 Å². The summed E-state index contributed by atoms with van der Waals surface area (Å²) < 4.78 is 5.36. The van der Waals surface area contributed by atoms with E-state index in [0.717, 1.165) is 11.1 Å². The van der Waals surface area contributed by atoms with Gasteiger partial charge in [-0.3, -0.25) is 0 Å². The molecule has 2 rings (SSSR count). The Balaban J connectivity index is 2.19. The predicted octanol–water partition coefficient (Wildman–Crippen LogP) is 5.62. The van der Waals surface area contributed by atoms with Gasteiger partial charge < -0.3 is 10.1 Å². The highest BCUT2D eigenvalue weighted by Crippen LogP contribution is 2.18. The zero-order valence-corrected chi connectivity index (χ0v) is 14.9. The van der Waals surface area contributed by atoms with Crippen molar-refractivity contribution in [2.24, 2.45) is 0 Å². The number of rotatable bonds is 4. The minimum atomic E-state index is -0.540. The number of halogens is 1. The number of carbonyl (C=O) groups is 1. The molecule has 0 radical (unpaired) electrons. The fraction of sp³-hybridized carbons (Fsp3) is 0.250. The van der Waals surface area contributed by atoms with E-state index in [-0.39, 0.29) is 6.04 Å². The summed E-state index contributed by atoms with van der Waals surface area (Å²) in [6, 6.07) is 17.0. The maximum Gasteiger partial charge on any atom is 0.408 e. The first-order valence-corrected chi connectivity index (χ1v) is 8.19. The third kappa shape index (κ3) is 6.09. The molecule has 0 heterocycles. The van der Waals surface area contributed by atoms with E-state index in [4.69, 9.17) is 16.3 Å². The molecule has 0 aliphatic carbocycles. The lowest BCUT2D eigenvalue weighted by Crippen LogP contribution is -2.34. The van der Waals surface area contributed by atoms with Crippen LogP contribution in [0.2, 0.25) is 5.02 Å². The molecule has 0 aromatic heterocycles. The SMILES string of the molecule is CC(C)(C)OC(=O)N[C@H](/C=C/c1cccc(Cl)c1)c1ccccc1. The Kier molecular flexibility index (Phi) is 6.04. The second-order valence-corrected chi connectivity index (χ2v) is 6.89. The fourth-order valence-electron chi connectivity index (χ4n) is 2.16. The molecular formula is C20H22ClNO2. The van der Waals surface area contributed by atoms with E-state index in [9.17, 15) is 4.79 Å². The second-order valence-electron chi connectivity index (χ2n) is 6.45. The van der Waals surface area contributed by atoms with E-state index in [1.807, 2.05) is 87.5 Å². The van der Waals surface area contributed by atoms with E-state index in [1.54, 1.807) is 0 Å². The van der Waals surface area contributed by atoms with Gasteiger partial charge >= 0.3 is 6.09 Å². The topological polar surface area (TPSA) is 38.3 Å². The number of amides is 1. The molecule has 2 aromatic carbocycles. The molecule has 0 bridgehead atoms. The van der Waals surface area contributed by atoms with Crippen LogP contribution in [0.25, 0.3) is 6.08 Å². The van der Waals surface area contributed by atoms with Crippen LogP contribution in [0.3, 0.4) is 0 Å². The van der Waals surface area contributed by atoms with Crippen molar-refractivity contribution in [3.63, 3.8) is 0 Å².